The molecule has 0 unspecified atom stereocenters. The van der Waals surface area contributed by atoms with Crippen molar-refractivity contribution in [1.82, 2.24) is 5.32 Å². The van der Waals surface area contributed by atoms with Gasteiger partial charge in [-0.15, -0.1) is 0 Å². The average Bonchev–Trinajstić information content (AvgIpc) is 2.43. The maximum atomic E-state index is 4.17. The SMILES string of the molecule is C=C(/C=C(CC)\C(=C/NC)CC)c1ccccc1. The number of hydrogen-bond donors (Lipinski definition) is 1. The van der Waals surface area contributed by atoms with Crippen LogP contribution in [0.3, 0.4) is 0 Å². The third-order valence-electron chi connectivity index (χ3n) is 2.99. The lowest BCUT2D eigenvalue weighted by Crippen LogP contribution is -1.98. The van der Waals surface area contributed by atoms with E-state index in [2.05, 4.69) is 50.2 Å². The highest BCUT2D eigenvalue weighted by molar-refractivity contribution is 5.73. The number of benzene rings is 1. The highest BCUT2D eigenvalue weighted by Gasteiger charge is 2.02. The zero-order chi connectivity index (χ0) is 13.4. The largest absolute Gasteiger partial charge is 0.394 e. The van der Waals surface area contributed by atoms with Crippen molar-refractivity contribution in [2.45, 2.75) is 26.7 Å². The summed E-state index contributed by atoms with van der Waals surface area (Å²) in [6, 6.07) is 10.3. The number of nitrogens with one attached hydrogen (secondary N) is 1. The van der Waals surface area contributed by atoms with Crippen LogP contribution in [0.2, 0.25) is 0 Å². The van der Waals surface area contributed by atoms with Gasteiger partial charge in [-0.05, 0) is 41.3 Å². The molecule has 0 bridgehead atoms. The summed E-state index contributed by atoms with van der Waals surface area (Å²) in [5.41, 5.74) is 4.95. The molecule has 0 saturated heterocycles. The maximum Gasteiger partial charge on any atom is 0.00278 e. The molecule has 1 rings (SSSR count). The quantitative estimate of drug-likeness (QED) is 0.720. The van der Waals surface area contributed by atoms with Gasteiger partial charge in [-0.2, -0.15) is 0 Å². The topological polar surface area (TPSA) is 12.0 Å². The minimum Gasteiger partial charge on any atom is -0.394 e. The Bertz CT molecular complexity index is 438. The van der Waals surface area contributed by atoms with Gasteiger partial charge < -0.3 is 5.32 Å². The third-order valence-corrected chi connectivity index (χ3v) is 2.99. The summed E-state index contributed by atoms with van der Waals surface area (Å²) in [6.07, 6.45) is 6.32. The zero-order valence-corrected chi connectivity index (χ0v) is 11.7. The summed E-state index contributed by atoms with van der Waals surface area (Å²) in [5.74, 6) is 0. The minimum absolute atomic E-state index is 1.02. The van der Waals surface area contributed by atoms with Crippen LogP contribution in [0.4, 0.5) is 0 Å². The lowest BCUT2D eigenvalue weighted by atomic mass is 9.97. The Kier molecular flexibility index (Phi) is 5.99. The fourth-order valence-corrected chi connectivity index (χ4v) is 1.96. The van der Waals surface area contributed by atoms with E-state index in [4.69, 9.17) is 0 Å². The van der Waals surface area contributed by atoms with Crippen molar-refractivity contribution in [2.75, 3.05) is 7.05 Å². The summed E-state index contributed by atoms with van der Waals surface area (Å²) < 4.78 is 0. The van der Waals surface area contributed by atoms with Crippen molar-refractivity contribution in [3.05, 3.63) is 65.9 Å². The molecule has 1 heteroatoms. The molecule has 1 aromatic rings. The Labute approximate surface area is 111 Å². The summed E-state index contributed by atoms with van der Waals surface area (Å²) >= 11 is 0. The molecular weight excluding hydrogens is 218 g/mol. The Balaban J connectivity index is 2.98. The lowest BCUT2D eigenvalue weighted by molar-refractivity contribution is 0.978. The number of rotatable bonds is 6. The summed E-state index contributed by atoms with van der Waals surface area (Å²) in [7, 11) is 1.94. The van der Waals surface area contributed by atoms with Gasteiger partial charge in [0.25, 0.3) is 0 Å². The van der Waals surface area contributed by atoms with Gasteiger partial charge in [0.15, 0.2) is 0 Å². The van der Waals surface area contributed by atoms with Gasteiger partial charge in [-0.25, -0.2) is 0 Å². The average molecular weight is 241 g/mol. The molecular formula is C17H23N. The van der Waals surface area contributed by atoms with Gasteiger partial charge >= 0.3 is 0 Å². The van der Waals surface area contributed by atoms with Crippen molar-refractivity contribution in [3.8, 4) is 0 Å². The first-order valence-electron chi connectivity index (χ1n) is 6.54. The van der Waals surface area contributed by atoms with Gasteiger partial charge in [0.05, 0.1) is 0 Å². The van der Waals surface area contributed by atoms with Crippen LogP contribution in [-0.2, 0) is 0 Å². The maximum absolute atomic E-state index is 4.17. The number of allylic oxidation sites excluding steroid dienone is 4. The van der Waals surface area contributed by atoms with E-state index in [1.54, 1.807) is 0 Å². The summed E-state index contributed by atoms with van der Waals surface area (Å²) in [5, 5.41) is 3.11. The van der Waals surface area contributed by atoms with Crippen LogP contribution in [0.25, 0.3) is 5.57 Å². The first kappa shape index (κ1) is 14.3. The Hall–Kier alpha value is -1.76. The zero-order valence-electron chi connectivity index (χ0n) is 11.7. The van der Waals surface area contributed by atoms with Gasteiger partial charge in [-0.3, -0.25) is 0 Å². The van der Waals surface area contributed by atoms with Crippen molar-refractivity contribution in [3.63, 3.8) is 0 Å². The van der Waals surface area contributed by atoms with Crippen LogP contribution < -0.4 is 5.32 Å². The summed E-state index contributed by atoms with van der Waals surface area (Å²) in [4.78, 5) is 0. The molecule has 1 nitrogen and oxygen atoms in total. The highest BCUT2D eigenvalue weighted by atomic mass is 14.8. The van der Waals surface area contributed by atoms with Crippen LogP contribution in [0.15, 0.2) is 60.3 Å². The molecule has 0 atom stereocenters. The molecule has 0 amide bonds. The first-order valence-corrected chi connectivity index (χ1v) is 6.54. The Morgan fingerprint density at radius 3 is 2.22 bits per heavy atom. The van der Waals surface area contributed by atoms with Crippen molar-refractivity contribution < 1.29 is 0 Å². The van der Waals surface area contributed by atoms with E-state index in [0.29, 0.717) is 0 Å². The van der Waals surface area contributed by atoms with E-state index in [9.17, 15) is 0 Å². The standard InChI is InChI=1S/C17H23N/c1-5-15(16(6-2)13-18-4)12-14(3)17-10-8-7-9-11-17/h7-13,18H,3,5-6H2,1-2,4H3/b15-12-,16-13-. The molecule has 0 aliphatic rings. The van der Waals surface area contributed by atoms with Crippen LogP contribution in [0, 0.1) is 0 Å². The molecule has 0 heterocycles. The van der Waals surface area contributed by atoms with E-state index in [1.807, 2.05) is 25.2 Å². The molecule has 0 spiro atoms. The predicted molar refractivity (Wildman–Crippen MR) is 81.3 cm³/mol. The van der Waals surface area contributed by atoms with Gasteiger partial charge in [0.2, 0.25) is 0 Å². The van der Waals surface area contributed by atoms with Crippen molar-refractivity contribution in [1.29, 1.82) is 0 Å². The van der Waals surface area contributed by atoms with E-state index >= 15 is 0 Å². The molecule has 0 aliphatic carbocycles. The third kappa shape index (κ3) is 3.92. The molecule has 96 valence electrons. The number of hydrogen-bond acceptors (Lipinski definition) is 1. The predicted octanol–water partition coefficient (Wildman–Crippen LogP) is 4.55. The Morgan fingerprint density at radius 2 is 1.72 bits per heavy atom. The van der Waals surface area contributed by atoms with Gasteiger partial charge in [0.1, 0.15) is 0 Å². The second-order valence-corrected chi connectivity index (χ2v) is 4.23. The molecule has 0 aliphatic heterocycles. The second kappa shape index (κ2) is 7.54. The van der Waals surface area contributed by atoms with Gasteiger partial charge in [0, 0.05) is 7.05 Å². The van der Waals surface area contributed by atoms with Crippen LogP contribution in [0.1, 0.15) is 32.3 Å². The van der Waals surface area contributed by atoms with Crippen LogP contribution in [0.5, 0.6) is 0 Å². The fraction of sp³-hybridized carbons (Fsp3) is 0.294. The summed E-state index contributed by atoms with van der Waals surface area (Å²) in [6.45, 7) is 8.53. The highest BCUT2D eigenvalue weighted by Crippen LogP contribution is 2.22. The molecule has 1 N–H and O–H groups in total. The van der Waals surface area contributed by atoms with E-state index in [-0.39, 0.29) is 0 Å². The molecule has 0 fully saturated rings. The molecule has 1 aromatic carbocycles. The normalized spacial score (nSPS) is 12.4. The van der Waals surface area contributed by atoms with E-state index in [0.717, 1.165) is 18.4 Å². The first-order chi connectivity index (χ1) is 8.72. The molecule has 0 aromatic heterocycles. The molecule has 18 heavy (non-hydrogen) atoms. The second-order valence-electron chi connectivity index (χ2n) is 4.23. The van der Waals surface area contributed by atoms with E-state index < -0.39 is 0 Å². The fourth-order valence-electron chi connectivity index (χ4n) is 1.96. The Morgan fingerprint density at radius 1 is 1.11 bits per heavy atom. The monoisotopic (exact) mass is 241 g/mol. The van der Waals surface area contributed by atoms with E-state index in [1.165, 1.54) is 16.7 Å². The lowest BCUT2D eigenvalue weighted by Gasteiger charge is -2.10. The minimum atomic E-state index is 1.02. The smallest absolute Gasteiger partial charge is 0.00278 e. The van der Waals surface area contributed by atoms with Crippen LogP contribution in [-0.4, -0.2) is 7.05 Å². The molecule has 0 radical (unpaired) electrons. The van der Waals surface area contributed by atoms with Crippen molar-refractivity contribution >= 4 is 5.57 Å². The van der Waals surface area contributed by atoms with Crippen LogP contribution >= 0.6 is 0 Å². The van der Waals surface area contributed by atoms with Gasteiger partial charge in [-0.1, -0.05) is 56.8 Å². The van der Waals surface area contributed by atoms with Crippen molar-refractivity contribution in [2.24, 2.45) is 0 Å². The molecule has 0 saturated carbocycles.